The minimum absolute atomic E-state index is 0.0216. The van der Waals surface area contributed by atoms with Gasteiger partial charge in [-0.2, -0.15) is 10.4 Å². The number of pyridine rings is 1. The lowest BCUT2D eigenvalue weighted by Gasteiger charge is -2.21. The van der Waals surface area contributed by atoms with Crippen LogP contribution < -0.4 is 11.1 Å². The highest BCUT2D eigenvalue weighted by molar-refractivity contribution is 5.98. The minimum atomic E-state index is -1.26. The van der Waals surface area contributed by atoms with Gasteiger partial charge in [0.25, 0.3) is 0 Å². The molecule has 2 rings (SSSR count). The van der Waals surface area contributed by atoms with Crippen molar-refractivity contribution in [2.24, 2.45) is 18.7 Å². The van der Waals surface area contributed by atoms with E-state index in [1.807, 2.05) is 19.9 Å². The van der Waals surface area contributed by atoms with Crippen LogP contribution in [0.5, 0.6) is 0 Å². The van der Waals surface area contributed by atoms with Gasteiger partial charge in [0.1, 0.15) is 23.5 Å². The summed E-state index contributed by atoms with van der Waals surface area (Å²) in [5.41, 5.74) is 6.16. The standard InChI is InChI=1S/C18H22N6O3/c1-9(2)5-13(16(20)25)22-17-10(3)12(6-19)14(18(26)27)15(23-17)11-7-21-24(4)8-11/h7-9,13H,5H2,1-4H3,(H2,20,25)(H,22,23)(H,26,27). The molecular formula is C18H22N6O3. The lowest BCUT2D eigenvalue weighted by molar-refractivity contribution is -0.119. The zero-order valence-electron chi connectivity index (χ0n) is 15.6. The molecule has 0 aliphatic carbocycles. The Hall–Kier alpha value is -3.41. The van der Waals surface area contributed by atoms with Crippen molar-refractivity contribution in [3.8, 4) is 17.3 Å². The monoisotopic (exact) mass is 370 g/mol. The van der Waals surface area contributed by atoms with Gasteiger partial charge in [-0.1, -0.05) is 13.8 Å². The number of carbonyl (C=O) groups excluding carboxylic acids is 1. The maximum absolute atomic E-state index is 11.8. The number of carboxylic acids is 1. The molecule has 0 spiro atoms. The van der Waals surface area contributed by atoms with E-state index in [1.165, 1.54) is 10.9 Å². The Balaban J connectivity index is 2.67. The first-order valence-corrected chi connectivity index (χ1v) is 8.38. The van der Waals surface area contributed by atoms with Crippen molar-refractivity contribution < 1.29 is 14.7 Å². The summed E-state index contributed by atoms with van der Waals surface area (Å²) in [6.45, 7) is 5.49. The number of carboxylic acid groups (broad SMARTS) is 1. The summed E-state index contributed by atoms with van der Waals surface area (Å²) in [5, 5.41) is 26.2. The van der Waals surface area contributed by atoms with E-state index in [9.17, 15) is 20.0 Å². The van der Waals surface area contributed by atoms with E-state index in [1.54, 1.807) is 20.2 Å². The quantitative estimate of drug-likeness (QED) is 0.671. The van der Waals surface area contributed by atoms with Crippen LogP contribution in [0, 0.1) is 24.2 Å². The van der Waals surface area contributed by atoms with Gasteiger partial charge < -0.3 is 16.2 Å². The molecule has 1 unspecified atom stereocenters. The van der Waals surface area contributed by atoms with Crippen molar-refractivity contribution in [3.63, 3.8) is 0 Å². The molecular weight excluding hydrogens is 348 g/mol. The topological polar surface area (TPSA) is 147 Å². The fourth-order valence-corrected chi connectivity index (χ4v) is 2.80. The van der Waals surface area contributed by atoms with Crippen molar-refractivity contribution in [1.82, 2.24) is 14.8 Å². The number of aryl methyl sites for hydroxylation is 1. The number of hydrogen-bond donors (Lipinski definition) is 3. The number of rotatable bonds is 7. The summed E-state index contributed by atoms with van der Waals surface area (Å²) in [6.07, 6.45) is 3.55. The Morgan fingerprint density at radius 2 is 2.11 bits per heavy atom. The second-order valence-electron chi connectivity index (χ2n) is 6.73. The Morgan fingerprint density at radius 1 is 1.44 bits per heavy atom. The SMILES string of the molecule is Cc1c(NC(CC(C)C)C(N)=O)nc(-c2cnn(C)c2)c(C(=O)O)c1C#N. The molecule has 27 heavy (non-hydrogen) atoms. The largest absolute Gasteiger partial charge is 0.478 e. The highest BCUT2D eigenvalue weighted by atomic mass is 16.4. The van der Waals surface area contributed by atoms with Crippen LogP contribution in [-0.2, 0) is 11.8 Å². The summed E-state index contributed by atoms with van der Waals surface area (Å²) in [5.74, 6) is -1.36. The predicted octanol–water partition coefficient (Wildman–Crippen LogP) is 1.67. The molecule has 2 heterocycles. The molecule has 0 fully saturated rings. The number of anilines is 1. The number of nitrogens with two attached hydrogens (primary N) is 1. The fraction of sp³-hybridized carbons (Fsp3) is 0.389. The van der Waals surface area contributed by atoms with Gasteiger partial charge in [-0.15, -0.1) is 0 Å². The van der Waals surface area contributed by atoms with Crippen LogP contribution in [0.4, 0.5) is 5.82 Å². The second kappa shape index (κ2) is 7.86. The van der Waals surface area contributed by atoms with Crippen LogP contribution in [0.25, 0.3) is 11.3 Å². The summed E-state index contributed by atoms with van der Waals surface area (Å²) in [6, 6.07) is 1.25. The van der Waals surface area contributed by atoms with Gasteiger partial charge in [-0.3, -0.25) is 9.48 Å². The maximum Gasteiger partial charge on any atom is 0.339 e. The third kappa shape index (κ3) is 4.23. The zero-order chi connectivity index (χ0) is 20.3. The third-order valence-electron chi connectivity index (χ3n) is 4.11. The molecule has 0 aliphatic rings. The van der Waals surface area contributed by atoms with Crippen molar-refractivity contribution in [3.05, 3.63) is 29.1 Å². The van der Waals surface area contributed by atoms with Gasteiger partial charge in [-0.05, 0) is 19.3 Å². The number of nitrogens with zero attached hydrogens (tertiary/aromatic N) is 4. The Labute approximate surface area is 156 Å². The van der Waals surface area contributed by atoms with Crippen molar-refractivity contribution in [2.75, 3.05) is 5.32 Å². The molecule has 1 amide bonds. The van der Waals surface area contributed by atoms with Crippen molar-refractivity contribution in [1.29, 1.82) is 5.26 Å². The van der Waals surface area contributed by atoms with Crippen LogP contribution in [0.3, 0.4) is 0 Å². The first kappa shape index (κ1) is 19.9. The number of nitrogens with one attached hydrogen (secondary N) is 1. The normalized spacial score (nSPS) is 11.9. The number of nitriles is 1. The zero-order valence-corrected chi connectivity index (χ0v) is 15.6. The highest BCUT2D eigenvalue weighted by Crippen LogP contribution is 2.30. The summed E-state index contributed by atoms with van der Waals surface area (Å²) < 4.78 is 1.51. The molecule has 0 aliphatic heterocycles. The van der Waals surface area contributed by atoms with E-state index < -0.39 is 17.9 Å². The van der Waals surface area contributed by atoms with Gasteiger partial charge in [0.15, 0.2) is 0 Å². The number of hydrogen-bond acceptors (Lipinski definition) is 6. The van der Waals surface area contributed by atoms with Crippen LogP contribution in [0.1, 0.15) is 41.8 Å². The van der Waals surface area contributed by atoms with Gasteiger partial charge in [0.05, 0.1) is 17.5 Å². The van der Waals surface area contributed by atoms with E-state index in [2.05, 4.69) is 15.4 Å². The molecule has 2 aromatic heterocycles. The molecule has 9 nitrogen and oxygen atoms in total. The number of aromatic carboxylic acids is 1. The van der Waals surface area contributed by atoms with Gasteiger partial charge in [-0.25, -0.2) is 9.78 Å². The van der Waals surface area contributed by atoms with E-state index >= 15 is 0 Å². The Kier molecular flexibility index (Phi) is 5.80. The lowest BCUT2D eigenvalue weighted by Crippen LogP contribution is -2.37. The molecule has 9 heteroatoms. The molecule has 4 N–H and O–H groups in total. The average molecular weight is 370 g/mol. The predicted molar refractivity (Wildman–Crippen MR) is 98.9 cm³/mol. The number of carbonyl (C=O) groups is 2. The van der Waals surface area contributed by atoms with Crippen LogP contribution >= 0.6 is 0 Å². The molecule has 0 bridgehead atoms. The second-order valence-corrected chi connectivity index (χ2v) is 6.73. The minimum Gasteiger partial charge on any atom is -0.478 e. The average Bonchev–Trinajstić information content (AvgIpc) is 3.00. The number of primary amides is 1. The van der Waals surface area contributed by atoms with Crippen molar-refractivity contribution >= 4 is 17.7 Å². The smallest absolute Gasteiger partial charge is 0.339 e. The first-order chi connectivity index (χ1) is 12.6. The summed E-state index contributed by atoms with van der Waals surface area (Å²) in [4.78, 5) is 28.0. The van der Waals surface area contributed by atoms with Gasteiger partial charge in [0, 0.05) is 24.4 Å². The fourth-order valence-electron chi connectivity index (χ4n) is 2.80. The van der Waals surface area contributed by atoms with E-state index in [-0.39, 0.29) is 28.6 Å². The van der Waals surface area contributed by atoms with E-state index in [4.69, 9.17) is 5.73 Å². The van der Waals surface area contributed by atoms with Crippen molar-refractivity contribution in [2.45, 2.75) is 33.2 Å². The lowest BCUT2D eigenvalue weighted by atomic mass is 9.98. The maximum atomic E-state index is 11.8. The van der Waals surface area contributed by atoms with Gasteiger partial charge in [0.2, 0.25) is 5.91 Å². The van der Waals surface area contributed by atoms with E-state index in [0.29, 0.717) is 17.5 Å². The molecule has 1 atom stereocenters. The third-order valence-corrected chi connectivity index (χ3v) is 4.11. The molecule has 2 aromatic rings. The summed E-state index contributed by atoms with van der Waals surface area (Å²) >= 11 is 0. The molecule has 142 valence electrons. The highest BCUT2D eigenvalue weighted by Gasteiger charge is 2.26. The molecule has 0 saturated heterocycles. The number of amides is 1. The number of aromatic nitrogens is 3. The van der Waals surface area contributed by atoms with Crippen LogP contribution in [0.15, 0.2) is 12.4 Å². The van der Waals surface area contributed by atoms with Crippen LogP contribution in [-0.4, -0.2) is 37.8 Å². The molecule has 0 saturated carbocycles. The Morgan fingerprint density at radius 3 is 2.56 bits per heavy atom. The summed E-state index contributed by atoms with van der Waals surface area (Å²) in [7, 11) is 1.69. The van der Waals surface area contributed by atoms with E-state index in [0.717, 1.165) is 0 Å². The van der Waals surface area contributed by atoms with Crippen LogP contribution in [0.2, 0.25) is 0 Å². The first-order valence-electron chi connectivity index (χ1n) is 8.38. The Bertz CT molecular complexity index is 926. The molecule has 0 radical (unpaired) electrons. The molecule has 0 aromatic carbocycles. The van der Waals surface area contributed by atoms with Gasteiger partial charge >= 0.3 is 5.97 Å².